The second kappa shape index (κ2) is 8.73. The SMILES string of the molecule is COC(=O)C1=C(CN2CCCN(C)CC2)NC(=O)N[C@@H]1c1ccccc1Cl. The van der Waals surface area contributed by atoms with Gasteiger partial charge in [-0.3, -0.25) is 4.90 Å². The molecule has 27 heavy (non-hydrogen) atoms. The summed E-state index contributed by atoms with van der Waals surface area (Å²) in [5.41, 5.74) is 1.63. The fraction of sp³-hybridized carbons (Fsp3) is 0.474. The minimum absolute atomic E-state index is 0.352. The van der Waals surface area contributed by atoms with Crippen molar-refractivity contribution in [2.45, 2.75) is 12.5 Å². The highest BCUT2D eigenvalue weighted by Gasteiger charge is 2.35. The Bertz CT molecular complexity index is 752. The zero-order valence-corrected chi connectivity index (χ0v) is 16.4. The number of benzene rings is 1. The van der Waals surface area contributed by atoms with Gasteiger partial charge in [0.25, 0.3) is 0 Å². The van der Waals surface area contributed by atoms with Crippen molar-refractivity contribution in [3.63, 3.8) is 0 Å². The Kier molecular flexibility index (Phi) is 6.36. The Hall–Kier alpha value is -2.09. The fourth-order valence-corrected chi connectivity index (χ4v) is 3.76. The summed E-state index contributed by atoms with van der Waals surface area (Å²) >= 11 is 6.33. The van der Waals surface area contributed by atoms with Crippen LogP contribution in [0.5, 0.6) is 0 Å². The first-order chi connectivity index (χ1) is 13.0. The number of amides is 2. The standard InChI is InChI=1S/C19H25ClN4O3/c1-23-8-5-9-24(11-10-23)12-15-16(18(25)27-2)17(22-19(26)21-15)13-6-3-4-7-14(13)20/h3-4,6-7,17H,5,8-12H2,1-2H3,(H2,21,22,26)/t17-/m1/s1. The summed E-state index contributed by atoms with van der Waals surface area (Å²) in [7, 11) is 3.44. The number of carbonyl (C=O) groups excluding carboxylic acids is 2. The van der Waals surface area contributed by atoms with Crippen LogP contribution in [0.4, 0.5) is 4.79 Å². The van der Waals surface area contributed by atoms with Gasteiger partial charge in [-0.15, -0.1) is 0 Å². The topological polar surface area (TPSA) is 73.9 Å². The van der Waals surface area contributed by atoms with E-state index < -0.39 is 12.0 Å². The summed E-state index contributed by atoms with van der Waals surface area (Å²) in [5, 5.41) is 6.10. The molecule has 0 aliphatic carbocycles. The molecule has 1 fully saturated rings. The van der Waals surface area contributed by atoms with E-state index in [1.165, 1.54) is 7.11 Å². The number of esters is 1. The first-order valence-electron chi connectivity index (χ1n) is 9.03. The highest BCUT2D eigenvalue weighted by Crippen LogP contribution is 2.32. The van der Waals surface area contributed by atoms with Gasteiger partial charge in [0, 0.05) is 30.4 Å². The van der Waals surface area contributed by atoms with E-state index >= 15 is 0 Å². The molecular formula is C19H25ClN4O3. The molecule has 0 bridgehead atoms. The number of ether oxygens (including phenoxy) is 1. The van der Waals surface area contributed by atoms with Gasteiger partial charge in [0.2, 0.25) is 0 Å². The Morgan fingerprint density at radius 3 is 2.78 bits per heavy atom. The van der Waals surface area contributed by atoms with Gasteiger partial charge in [-0.05, 0) is 38.2 Å². The van der Waals surface area contributed by atoms with Crippen molar-refractivity contribution in [2.24, 2.45) is 0 Å². The molecule has 2 N–H and O–H groups in total. The average Bonchev–Trinajstić information content (AvgIpc) is 2.85. The number of nitrogens with zero attached hydrogens (tertiary/aromatic N) is 2. The summed E-state index contributed by atoms with van der Waals surface area (Å²) in [4.78, 5) is 29.4. The van der Waals surface area contributed by atoms with E-state index in [2.05, 4.69) is 27.5 Å². The highest BCUT2D eigenvalue weighted by atomic mass is 35.5. The summed E-state index contributed by atoms with van der Waals surface area (Å²) in [5.74, 6) is -0.477. The summed E-state index contributed by atoms with van der Waals surface area (Å²) < 4.78 is 5.02. The maximum Gasteiger partial charge on any atom is 0.338 e. The number of nitrogens with one attached hydrogen (secondary N) is 2. The predicted octanol–water partition coefficient (Wildman–Crippen LogP) is 1.76. The minimum Gasteiger partial charge on any atom is -0.466 e. The molecule has 0 unspecified atom stereocenters. The zero-order valence-electron chi connectivity index (χ0n) is 15.6. The number of urea groups is 1. The average molecular weight is 393 g/mol. The maximum atomic E-state index is 12.6. The van der Waals surface area contributed by atoms with Crippen molar-refractivity contribution in [2.75, 3.05) is 46.9 Å². The van der Waals surface area contributed by atoms with Crippen LogP contribution in [0.1, 0.15) is 18.0 Å². The maximum absolute atomic E-state index is 12.6. The van der Waals surface area contributed by atoms with Crippen LogP contribution in [0.3, 0.4) is 0 Å². The van der Waals surface area contributed by atoms with Gasteiger partial charge in [0.15, 0.2) is 0 Å². The fourth-order valence-electron chi connectivity index (χ4n) is 3.52. The molecule has 8 heteroatoms. The lowest BCUT2D eigenvalue weighted by Gasteiger charge is -2.32. The van der Waals surface area contributed by atoms with Gasteiger partial charge in [-0.1, -0.05) is 29.8 Å². The molecule has 2 heterocycles. The van der Waals surface area contributed by atoms with E-state index in [1.807, 2.05) is 12.1 Å². The van der Waals surface area contributed by atoms with Gasteiger partial charge in [-0.25, -0.2) is 9.59 Å². The lowest BCUT2D eigenvalue weighted by Crippen LogP contribution is -2.48. The number of rotatable bonds is 4. The molecule has 2 aliphatic rings. The first-order valence-corrected chi connectivity index (χ1v) is 9.41. The van der Waals surface area contributed by atoms with Crippen molar-refractivity contribution in [1.29, 1.82) is 0 Å². The largest absolute Gasteiger partial charge is 0.466 e. The number of hydrogen-bond donors (Lipinski definition) is 2. The Morgan fingerprint density at radius 1 is 1.26 bits per heavy atom. The summed E-state index contributed by atoms with van der Waals surface area (Å²) in [6.45, 7) is 4.24. The predicted molar refractivity (Wildman–Crippen MR) is 103 cm³/mol. The molecule has 2 aliphatic heterocycles. The molecule has 0 spiro atoms. The number of likely N-dealkylation sites (N-methyl/N-ethyl adjacent to an activating group) is 1. The Morgan fingerprint density at radius 2 is 2.04 bits per heavy atom. The second-order valence-corrected chi connectivity index (χ2v) is 7.28. The van der Waals surface area contributed by atoms with Crippen LogP contribution in [-0.4, -0.2) is 68.7 Å². The molecule has 2 amide bonds. The molecule has 0 radical (unpaired) electrons. The molecule has 146 valence electrons. The molecule has 1 aromatic carbocycles. The van der Waals surface area contributed by atoms with Crippen LogP contribution >= 0.6 is 11.6 Å². The lowest BCUT2D eigenvalue weighted by molar-refractivity contribution is -0.136. The quantitative estimate of drug-likeness (QED) is 0.764. The summed E-state index contributed by atoms with van der Waals surface area (Å²) in [6.07, 6.45) is 1.04. The van der Waals surface area contributed by atoms with E-state index in [0.29, 0.717) is 28.4 Å². The number of hydrogen-bond acceptors (Lipinski definition) is 5. The van der Waals surface area contributed by atoms with E-state index in [9.17, 15) is 9.59 Å². The molecule has 1 saturated heterocycles. The molecule has 0 aromatic heterocycles. The third-order valence-corrected chi connectivity index (χ3v) is 5.31. The van der Waals surface area contributed by atoms with Gasteiger partial charge in [0.1, 0.15) is 0 Å². The number of carbonyl (C=O) groups is 2. The Balaban J connectivity index is 1.96. The lowest BCUT2D eigenvalue weighted by atomic mass is 9.95. The number of methoxy groups -OCH3 is 1. The van der Waals surface area contributed by atoms with E-state index in [1.54, 1.807) is 12.1 Å². The first kappa shape index (κ1) is 19.7. The third kappa shape index (κ3) is 4.61. The summed E-state index contributed by atoms with van der Waals surface area (Å²) in [6, 6.07) is 6.18. The van der Waals surface area contributed by atoms with Gasteiger partial charge >= 0.3 is 12.0 Å². The number of halogens is 1. The van der Waals surface area contributed by atoms with Crippen molar-refractivity contribution in [3.8, 4) is 0 Å². The van der Waals surface area contributed by atoms with Crippen LogP contribution < -0.4 is 10.6 Å². The second-order valence-electron chi connectivity index (χ2n) is 6.87. The van der Waals surface area contributed by atoms with E-state index in [0.717, 1.165) is 32.6 Å². The molecule has 3 rings (SSSR count). The van der Waals surface area contributed by atoms with Gasteiger partial charge in [0.05, 0.1) is 18.7 Å². The van der Waals surface area contributed by atoms with Crippen LogP contribution in [0.2, 0.25) is 5.02 Å². The van der Waals surface area contributed by atoms with Crippen LogP contribution in [0.25, 0.3) is 0 Å². The third-order valence-electron chi connectivity index (χ3n) is 4.97. The van der Waals surface area contributed by atoms with Crippen LogP contribution in [-0.2, 0) is 9.53 Å². The van der Waals surface area contributed by atoms with Crippen LogP contribution in [0, 0.1) is 0 Å². The molecule has 0 saturated carbocycles. The van der Waals surface area contributed by atoms with Crippen molar-refractivity contribution in [1.82, 2.24) is 20.4 Å². The molecular weight excluding hydrogens is 368 g/mol. The monoisotopic (exact) mass is 392 g/mol. The van der Waals surface area contributed by atoms with Crippen molar-refractivity contribution >= 4 is 23.6 Å². The van der Waals surface area contributed by atoms with Crippen molar-refractivity contribution < 1.29 is 14.3 Å². The molecule has 7 nitrogen and oxygen atoms in total. The molecule has 1 aromatic rings. The molecule has 1 atom stereocenters. The highest BCUT2D eigenvalue weighted by molar-refractivity contribution is 6.31. The van der Waals surface area contributed by atoms with E-state index in [-0.39, 0.29) is 6.03 Å². The zero-order chi connectivity index (χ0) is 19.4. The van der Waals surface area contributed by atoms with Gasteiger partial charge in [-0.2, -0.15) is 0 Å². The van der Waals surface area contributed by atoms with Crippen molar-refractivity contribution in [3.05, 3.63) is 46.1 Å². The Labute approximate surface area is 164 Å². The normalized spacial score (nSPS) is 22.0. The van der Waals surface area contributed by atoms with Crippen LogP contribution in [0.15, 0.2) is 35.5 Å². The smallest absolute Gasteiger partial charge is 0.338 e. The van der Waals surface area contributed by atoms with E-state index in [4.69, 9.17) is 16.3 Å². The minimum atomic E-state index is -0.649. The van der Waals surface area contributed by atoms with Gasteiger partial charge < -0.3 is 20.3 Å².